The second-order valence-electron chi connectivity index (χ2n) is 5.67. The summed E-state index contributed by atoms with van der Waals surface area (Å²) < 4.78 is 13.4. The molecule has 4 rings (SSSR count). The number of thiazole rings is 1. The maximum absolute atomic E-state index is 12.2. The molecule has 0 radical (unpaired) electrons. The van der Waals surface area contributed by atoms with Gasteiger partial charge in [-0.1, -0.05) is 23.5 Å². The number of aromatic nitrogens is 1. The van der Waals surface area contributed by atoms with E-state index in [4.69, 9.17) is 9.47 Å². The van der Waals surface area contributed by atoms with Crippen molar-refractivity contribution in [1.29, 1.82) is 0 Å². The van der Waals surface area contributed by atoms with Gasteiger partial charge in [0, 0.05) is 12.6 Å². The lowest BCUT2D eigenvalue weighted by Crippen LogP contribution is -2.29. The van der Waals surface area contributed by atoms with Crippen LogP contribution in [0.2, 0.25) is 0 Å². The minimum Gasteiger partial charge on any atom is -0.454 e. The fourth-order valence-corrected chi connectivity index (χ4v) is 3.67. The Morgan fingerprint density at radius 2 is 2.00 bits per heavy atom. The Kier molecular flexibility index (Phi) is 4.18. The summed E-state index contributed by atoms with van der Waals surface area (Å²) in [6, 6.07) is 12.7. The number of rotatable bonds is 3. The number of nitrogens with zero attached hydrogens (tertiary/aromatic N) is 2. The summed E-state index contributed by atoms with van der Waals surface area (Å²) >= 11 is 1.43. The molecule has 0 saturated heterocycles. The van der Waals surface area contributed by atoms with E-state index in [-0.39, 0.29) is 19.2 Å². The highest BCUT2D eigenvalue weighted by molar-refractivity contribution is 7.16. The number of ether oxygens (including phenoxy) is 2. The summed E-state index contributed by atoms with van der Waals surface area (Å²) in [5.74, 6) is 0.338. The van der Waals surface area contributed by atoms with Gasteiger partial charge in [-0.15, -0.1) is 0 Å². The van der Waals surface area contributed by atoms with Crippen LogP contribution < -0.4 is 19.6 Å². The van der Waals surface area contributed by atoms with Crippen LogP contribution in [0.15, 0.2) is 47.5 Å². The van der Waals surface area contributed by atoms with Crippen LogP contribution in [0, 0.1) is 0 Å². The molecule has 132 valence electrons. The third-order valence-electron chi connectivity index (χ3n) is 3.97. The molecule has 0 unspecified atom stereocenters. The number of benzene rings is 2. The van der Waals surface area contributed by atoms with E-state index in [0.29, 0.717) is 21.9 Å². The topological polar surface area (TPSA) is 81.9 Å². The number of carbonyl (C=O) groups is 2. The highest BCUT2D eigenvalue weighted by atomic mass is 32.1. The Hall–Kier alpha value is -3.13. The van der Waals surface area contributed by atoms with Crippen LogP contribution in [0.3, 0.4) is 0 Å². The molecular weight excluding hydrogens is 354 g/mol. The van der Waals surface area contributed by atoms with Gasteiger partial charge in [0.05, 0.1) is 16.8 Å². The molecule has 0 atom stereocenters. The lowest BCUT2D eigenvalue weighted by atomic mass is 10.2. The Morgan fingerprint density at radius 1 is 1.19 bits per heavy atom. The second-order valence-corrected chi connectivity index (χ2v) is 6.68. The van der Waals surface area contributed by atoms with Crippen molar-refractivity contribution in [3.63, 3.8) is 0 Å². The lowest BCUT2D eigenvalue weighted by Gasteiger charge is -2.03. The number of aryl methyl sites for hydroxylation is 1. The zero-order valence-corrected chi connectivity index (χ0v) is 14.7. The van der Waals surface area contributed by atoms with Gasteiger partial charge in [-0.3, -0.25) is 9.59 Å². The highest BCUT2D eigenvalue weighted by Gasteiger charge is 2.16. The van der Waals surface area contributed by atoms with Crippen LogP contribution in [0.25, 0.3) is 10.2 Å². The van der Waals surface area contributed by atoms with Gasteiger partial charge in [0.1, 0.15) is 0 Å². The minimum absolute atomic E-state index is 0.143. The van der Waals surface area contributed by atoms with Gasteiger partial charge >= 0.3 is 0 Å². The number of amides is 2. The maximum Gasteiger partial charge on any atom is 0.267 e. The quantitative estimate of drug-likeness (QED) is 0.764. The van der Waals surface area contributed by atoms with E-state index in [1.807, 2.05) is 35.9 Å². The normalized spacial score (nSPS) is 13.2. The van der Waals surface area contributed by atoms with Gasteiger partial charge in [-0.05, 0) is 30.3 Å². The molecule has 1 aliphatic heterocycles. The van der Waals surface area contributed by atoms with Crippen molar-refractivity contribution in [2.75, 3.05) is 13.3 Å². The number of fused-ring (bicyclic) bond motifs is 2. The first-order chi connectivity index (χ1) is 12.6. The standard InChI is InChI=1S/C18H15N3O4S/c1-21-12-4-2-3-5-15(12)26-18(21)20-16(22)9-19-17(23)11-6-7-13-14(8-11)25-10-24-13/h2-8H,9-10H2,1H3,(H,19,23). The van der Waals surface area contributed by atoms with E-state index < -0.39 is 5.91 Å². The Bertz CT molecular complexity index is 1080. The predicted molar refractivity (Wildman–Crippen MR) is 96.3 cm³/mol. The monoisotopic (exact) mass is 369 g/mol. The first kappa shape index (κ1) is 16.3. The fourth-order valence-electron chi connectivity index (χ4n) is 2.63. The third kappa shape index (κ3) is 3.06. The van der Waals surface area contributed by atoms with Gasteiger partial charge in [-0.2, -0.15) is 4.99 Å². The Balaban J connectivity index is 1.46. The molecule has 2 aromatic carbocycles. The molecule has 0 spiro atoms. The molecule has 1 aliphatic rings. The average Bonchev–Trinajstić information content (AvgIpc) is 3.24. The smallest absolute Gasteiger partial charge is 0.267 e. The zero-order chi connectivity index (χ0) is 18.1. The summed E-state index contributed by atoms with van der Waals surface area (Å²) in [6.45, 7) is -0.0362. The molecule has 26 heavy (non-hydrogen) atoms. The number of carbonyl (C=O) groups excluding carboxylic acids is 2. The largest absolute Gasteiger partial charge is 0.454 e. The SMILES string of the molecule is Cn1c(=NC(=O)CNC(=O)c2ccc3c(c2)OCO3)sc2ccccc21. The van der Waals surface area contributed by atoms with Crippen molar-refractivity contribution < 1.29 is 19.1 Å². The molecule has 7 nitrogen and oxygen atoms in total. The second kappa shape index (κ2) is 6.64. The number of hydrogen-bond donors (Lipinski definition) is 1. The fraction of sp³-hybridized carbons (Fsp3) is 0.167. The van der Waals surface area contributed by atoms with E-state index in [1.54, 1.807) is 18.2 Å². The van der Waals surface area contributed by atoms with Crippen molar-refractivity contribution in [1.82, 2.24) is 9.88 Å². The summed E-state index contributed by atoms with van der Waals surface area (Å²) in [4.78, 5) is 29.0. The van der Waals surface area contributed by atoms with E-state index >= 15 is 0 Å². The van der Waals surface area contributed by atoms with Crippen molar-refractivity contribution >= 4 is 33.4 Å². The molecule has 2 amide bonds. The average molecular weight is 369 g/mol. The molecule has 0 aliphatic carbocycles. The van der Waals surface area contributed by atoms with Crippen LogP contribution in [0.1, 0.15) is 10.4 Å². The van der Waals surface area contributed by atoms with E-state index in [1.165, 1.54) is 11.3 Å². The van der Waals surface area contributed by atoms with Crippen LogP contribution in [-0.2, 0) is 11.8 Å². The van der Waals surface area contributed by atoms with Crippen molar-refractivity contribution in [2.45, 2.75) is 0 Å². The summed E-state index contributed by atoms with van der Waals surface area (Å²) in [5.41, 5.74) is 1.41. The maximum atomic E-state index is 12.2. The molecule has 3 aromatic rings. The van der Waals surface area contributed by atoms with Crippen LogP contribution in [-0.4, -0.2) is 29.7 Å². The number of hydrogen-bond acceptors (Lipinski definition) is 5. The number of para-hydroxylation sites is 1. The minimum atomic E-state index is -0.416. The lowest BCUT2D eigenvalue weighted by molar-refractivity contribution is -0.117. The summed E-state index contributed by atoms with van der Waals surface area (Å²) in [6.07, 6.45) is 0. The van der Waals surface area contributed by atoms with E-state index in [9.17, 15) is 9.59 Å². The molecule has 1 aromatic heterocycles. The van der Waals surface area contributed by atoms with Crippen molar-refractivity contribution in [3.05, 3.63) is 52.8 Å². The highest BCUT2D eigenvalue weighted by Crippen LogP contribution is 2.32. The molecule has 1 N–H and O–H groups in total. The predicted octanol–water partition coefficient (Wildman–Crippen LogP) is 1.83. The van der Waals surface area contributed by atoms with Crippen molar-refractivity contribution in [2.24, 2.45) is 12.0 Å². The Labute approximate surface area is 152 Å². The molecule has 0 saturated carbocycles. The van der Waals surface area contributed by atoms with Crippen molar-refractivity contribution in [3.8, 4) is 11.5 Å². The molecule has 0 fully saturated rings. The first-order valence-corrected chi connectivity index (χ1v) is 8.73. The van der Waals surface area contributed by atoms with E-state index in [2.05, 4.69) is 10.3 Å². The third-order valence-corrected chi connectivity index (χ3v) is 5.08. The summed E-state index contributed by atoms with van der Waals surface area (Å²) in [7, 11) is 1.86. The van der Waals surface area contributed by atoms with Gasteiger partial charge < -0.3 is 19.4 Å². The van der Waals surface area contributed by atoms with Gasteiger partial charge in [0.2, 0.25) is 6.79 Å². The molecule has 2 heterocycles. The van der Waals surface area contributed by atoms with Gasteiger partial charge in [-0.25, -0.2) is 0 Å². The van der Waals surface area contributed by atoms with E-state index in [0.717, 1.165) is 10.2 Å². The molecule has 0 bridgehead atoms. The molecule has 8 heteroatoms. The van der Waals surface area contributed by atoms with Crippen LogP contribution in [0.4, 0.5) is 0 Å². The van der Waals surface area contributed by atoms with Crippen LogP contribution >= 0.6 is 11.3 Å². The molecular formula is C18H15N3O4S. The number of nitrogens with one attached hydrogen (secondary N) is 1. The van der Waals surface area contributed by atoms with Crippen LogP contribution in [0.5, 0.6) is 11.5 Å². The summed E-state index contributed by atoms with van der Waals surface area (Å²) in [5, 5.41) is 2.58. The van der Waals surface area contributed by atoms with Gasteiger partial charge in [0.15, 0.2) is 16.3 Å². The van der Waals surface area contributed by atoms with Gasteiger partial charge in [0.25, 0.3) is 11.8 Å². The first-order valence-electron chi connectivity index (χ1n) is 7.92. The zero-order valence-electron chi connectivity index (χ0n) is 13.9. The Morgan fingerprint density at radius 3 is 2.85 bits per heavy atom.